The van der Waals surface area contributed by atoms with Gasteiger partial charge in [-0.2, -0.15) is 4.98 Å². The van der Waals surface area contributed by atoms with Gasteiger partial charge in [-0.1, -0.05) is 29.8 Å². The third-order valence-electron chi connectivity index (χ3n) is 3.75. The molecule has 1 aromatic carbocycles. The minimum absolute atomic E-state index is 0.0526. The van der Waals surface area contributed by atoms with Crippen LogP contribution < -0.4 is 10.9 Å². The van der Waals surface area contributed by atoms with E-state index in [2.05, 4.69) is 10.3 Å². The molecule has 7 heteroatoms. The molecule has 0 fully saturated rings. The van der Waals surface area contributed by atoms with Crippen LogP contribution in [-0.4, -0.2) is 27.0 Å². The molecule has 0 aliphatic carbocycles. The van der Waals surface area contributed by atoms with Gasteiger partial charge in [0.05, 0.1) is 6.04 Å². The van der Waals surface area contributed by atoms with Crippen LogP contribution in [0.1, 0.15) is 34.1 Å². The van der Waals surface area contributed by atoms with Crippen molar-refractivity contribution >= 4 is 22.2 Å². The number of nitrogens with zero attached hydrogens (tertiary/aromatic N) is 2. The number of aliphatic hydroxyl groups excluding tert-OH is 1. The maximum absolute atomic E-state index is 12.7. The van der Waals surface area contributed by atoms with E-state index in [1.807, 2.05) is 31.2 Å². The van der Waals surface area contributed by atoms with Crippen LogP contribution in [0.2, 0.25) is 0 Å². The molecule has 3 aromatic rings. The quantitative estimate of drug-likeness (QED) is 0.741. The normalized spacial score (nSPS) is 12.2. The second kappa shape index (κ2) is 6.94. The number of aromatic nitrogens is 2. The number of aliphatic hydroxyl groups is 1. The van der Waals surface area contributed by atoms with Crippen molar-refractivity contribution < 1.29 is 9.90 Å². The number of carbonyl (C=O) groups is 1. The molecule has 2 N–H and O–H groups in total. The number of benzene rings is 1. The first-order valence-electron chi connectivity index (χ1n) is 7.53. The van der Waals surface area contributed by atoms with Crippen molar-refractivity contribution in [1.29, 1.82) is 0 Å². The van der Waals surface area contributed by atoms with E-state index in [0.717, 1.165) is 11.1 Å². The van der Waals surface area contributed by atoms with Crippen LogP contribution >= 0.6 is 11.3 Å². The molecule has 0 unspecified atom stereocenters. The van der Waals surface area contributed by atoms with Crippen molar-refractivity contribution in [3.05, 3.63) is 69.1 Å². The van der Waals surface area contributed by atoms with Crippen molar-refractivity contribution in [2.75, 3.05) is 6.61 Å². The lowest BCUT2D eigenvalue weighted by atomic mass is 10.0. The van der Waals surface area contributed by atoms with Gasteiger partial charge >= 0.3 is 0 Å². The predicted octanol–water partition coefficient (Wildman–Crippen LogP) is 1.92. The van der Waals surface area contributed by atoms with Gasteiger partial charge in [-0.25, -0.2) is 0 Å². The summed E-state index contributed by atoms with van der Waals surface area (Å²) in [6.45, 7) is 1.93. The predicted molar refractivity (Wildman–Crippen MR) is 92.4 cm³/mol. The van der Waals surface area contributed by atoms with Gasteiger partial charge in [0, 0.05) is 24.3 Å². The van der Waals surface area contributed by atoms with E-state index in [0.29, 0.717) is 11.4 Å². The van der Waals surface area contributed by atoms with Crippen LogP contribution in [0, 0.1) is 6.92 Å². The molecule has 1 atom stereocenters. The zero-order valence-corrected chi connectivity index (χ0v) is 13.9. The number of rotatable bonds is 5. The zero-order valence-electron chi connectivity index (χ0n) is 13.1. The lowest BCUT2D eigenvalue weighted by molar-refractivity contribution is 0.0923. The van der Waals surface area contributed by atoms with Gasteiger partial charge in [0.1, 0.15) is 5.69 Å². The number of nitrogens with one attached hydrogen (secondary N) is 1. The van der Waals surface area contributed by atoms with Crippen LogP contribution in [0.5, 0.6) is 0 Å². The molecule has 0 aliphatic heterocycles. The molecule has 0 aliphatic rings. The lowest BCUT2D eigenvalue weighted by Gasteiger charge is -2.19. The first-order chi connectivity index (χ1) is 11.6. The number of fused-ring (bicyclic) bond motifs is 1. The third kappa shape index (κ3) is 3.37. The summed E-state index contributed by atoms with van der Waals surface area (Å²) in [6.07, 6.45) is 2.09. The summed E-state index contributed by atoms with van der Waals surface area (Å²) in [5, 5.41) is 14.0. The number of hydrogen-bond acceptors (Lipinski definition) is 5. The fourth-order valence-electron chi connectivity index (χ4n) is 2.51. The molecular weight excluding hydrogens is 326 g/mol. The summed E-state index contributed by atoms with van der Waals surface area (Å²) < 4.78 is 1.59. The summed E-state index contributed by atoms with van der Waals surface area (Å²) in [6, 6.07) is 8.66. The average molecular weight is 343 g/mol. The van der Waals surface area contributed by atoms with E-state index in [9.17, 15) is 14.7 Å². The van der Waals surface area contributed by atoms with Crippen LogP contribution in [0.3, 0.4) is 0 Å². The summed E-state index contributed by atoms with van der Waals surface area (Å²) in [5.74, 6) is -0.373. The van der Waals surface area contributed by atoms with Gasteiger partial charge in [0.2, 0.25) is 0 Å². The number of thiazole rings is 1. The molecule has 3 rings (SSSR count). The van der Waals surface area contributed by atoms with Gasteiger partial charge in [-0.3, -0.25) is 14.0 Å². The van der Waals surface area contributed by atoms with E-state index >= 15 is 0 Å². The first-order valence-corrected chi connectivity index (χ1v) is 8.41. The monoisotopic (exact) mass is 343 g/mol. The van der Waals surface area contributed by atoms with Crippen molar-refractivity contribution in [2.24, 2.45) is 0 Å². The van der Waals surface area contributed by atoms with Gasteiger partial charge in [0.25, 0.3) is 11.5 Å². The molecular formula is C17H17N3O3S. The maximum atomic E-state index is 12.7. The fraction of sp³-hybridized carbons (Fsp3) is 0.235. The van der Waals surface area contributed by atoms with Crippen LogP contribution in [0.25, 0.3) is 4.96 Å². The molecule has 0 saturated carbocycles. The SMILES string of the molecule is Cc1ccc([C@@H](CCO)NC(=O)c2cc(=O)nc3sccn23)cc1. The van der Waals surface area contributed by atoms with Crippen molar-refractivity contribution in [1.82, 2.24) is 14.7 Å². The Balaban J connectivity index is 1.91. The minimum Gasteiger partial charge on any atom is -0.396 e. The highest BCUT2D eigenvalue weighted by molar-refractivity contribution is 7.15. The molecule has 6 nitrogen and oxygen atoms in total. The van der Waals surface area contributed by atoms with E-state index in [4.69, 9.17) is 0 Å². The largest absolute Gasteiger partial charge is 0.396 e. The summed E-state index contributed by atoms with van der Waals surface area (Å²) in [5.41, 5.74) is 1.82. The first kappa shape index (κ1) is 16.4. The van der Waals surface area contributed by atoms with Crippen molar-refractivity contribution in [3.8, 4) is 0 Å². The van der Waals surface area contributed by atoms with Gasteiger partial charge in [0.15, 0.2) is 4.96 Å². The second-order valence-electron chi connectivity index (χ2n) is 5.48. The standard InChI is InChI=1S/C17H17N3O3S/c1-11-2-4-12(5-3-11)13(6-8-21)18-16(23)14-10-15(22)19-17-20(14)7-9-24-17/h2-5,7,9-10,13,21H,6,8H2,1H3,(H,18,23)/t13-/m1/s1. The van der Waals surface area contributed by atoms with Gasteiger partial charge in [-0.15, -0.1) is 11.3 Å². The smallest absolute Gasteiger partial charge is 0.274 e. The highest BCUT2D eigenvalue weighted by atomic mass is 32.1. The van der Waals surface area contributed by atoms with E-state index < -0.39 is 5.56 Å². The number of amides is 1. The lowest BCUT2D eigenvalue weighted by Crippen LogP contribution is -2.31. The molecule has 0 bridgehead atoms. The van der Waals surface area contributed by atoms with Gasteiger partial charge < -0.3 is 10.4 Å². The molecule has 2 aromatic heterocycles. The summed E-state index contributed by atoms with van der Waals surface area (Å²) >= 11 is 1.29. The Bertz CT molecular complexity index is 915. The molecule has 24 heavy (non-hydrogen) atoms. The Hall–Kier alpha value is -2.51. The molecule has 0 spiro atoms. The fourth-order valence-corrected chi connectivity index (χ4v) is 3.23. The van der Waals surface area contributed by atoms with Crippen LogP contribution in [0.4, 0.5) is 0 Å². The molecule has 1 amide bonds. The highest BCUT2D eigenvalue weighted by Gasteiger charge is 2.18. The van der Waals surface area contributed by atoms with Crippen LogP contribution in [-0.2, 0) is 0 Å². The van der Waals surface area contributed by atoms with Crippen molar-refractivity contribution in [2.45, 2.75) is 19.4 Å². The van der Waals surface area contributed by atoms with Crippen molar-refractivity contribution in [3.63, 3.8) is 0 Å². The highest BCUT2D eigenvalue weighted by Crippen LogP contribution is 2.18. The third-order valence-corrected chi connectivity index (χ3v) is 4.51. The average Bonchev–Trinajstić information content (AvgIpc) is 3.02. The summed E-state index contributed by atoms with van der Waals surface area (Å²) in [7, 11) is 0. The number of carbonyl (C=O) groups excluding carboxylic acids is 1. The Morgan fingerprint density at radius 3 is 2.83 bits per heavy atom. The number of aryl methyl sites for hydroxylation is 1. The molecule has 124 valence electrons. The Kier molecular flexibility index (Phi) is 4.73. The van der Waals surface area contributed by atoms with E-state index in [1.54, 1.807) is 16.0 Å². The molecule has 0 saturated heterocycles. The summed E-state index contributed by atoms with van der Waals surface area (Å²) in [4.78, 5) is 28.7. The van der Waals surface area contributed by atoms with Crippen LogP contribution in [0.15, 0.2) is 46.7 Å². The second-order valence-corrected chi connectivity index (χ2v) is 6.36. The Labute approximate surface area is 142 Å². The van der Waals surface area contributed by atoms with E-state index in [-0.39, 0.29) is 24.2 Å². The topological polar surface area (TPSA) is 83.7 Å². The molecule has 2 heterocycles. The minimum atomic E-state index is -0.448. The maximum Gasteiger partial charge on any atom is 0.274 e. The Morgan fingerprint density at radius 2 is 2.12 bits per heavy atom. The van der Waals surface area contributed by atoms with Gasteiger partial charge in [-0.05, 0) is 18.9 Å². The molecule has 0 radical (unpaired) electrons. The van der Waals surface area contributed by atoms with E-state index in [1.165, 1.54) is 17.4 Å². The zero-order chi connectivity index (χ0) is 17.1. The number of hydrogen-bond donors (Lipinski definition) is 2. The Morgan fingerprint density at radius 1 is 1.38 bits per heavy atom.